The van der Waals surface area contributed by atoms with Crippen LogP contribution in [0.2, 0.25) is 5.02 Å². The summed E-state index contributed by atoms with van der Waals surface area (Å²) in [4.78, 5) is 0.987. The van der Waals surface area contributed by atoms with Crippen LogP contribution in [0.1, 0.15) is 50.0 Å². The highest BCUT2D eigenvalue weighted by molar-refractivity contribution is 9.11. The molecule has 0 spiro atoms. The van der Waals surface area contributed by atoms with Gasteiger partial charge in [-0.25, -0.2) is 0 Å². The van der Waals surface area contributed by atoms with E-state index in [0.29, 0.717) is 5.02 Å². The number of aliphatic hydroxyl groups excluding tert-OH is 1. The molecule has 1 aliphatic carbocycles. The molecule has 0 aromatic carbocycles. The Bertz CT molecular complexity index is 352. The molecule has 4 heteroatoms. The Morgan fingerprint density at radius 1 is 1.44 bits per heavy atom. The van der Waals surface area contributed by atoms with Crippen LogP contribution in [0.3, 0.4) is 0 Å². The Morgan fingerprint density at radius 2 is 2.06 bits per heavy atom. The summed E-state index contributed by atoms with van der Waals surface area (Å²) in [6.45, 7) is 2.19. The lowest BCUT2D eigenvalue weighted by atomic mass is 9.71. The maximum atomic E-state index is 10.5. The third-order valence-electron chi connectivity index (χ3n) is 3.59. The van der Waals surface area contributed by atoms with Crippen molar-refractivity contribution in [1.82, 2.24) is 0 Å². The lowest BCUT2D eigenvalue weighted by Gasteiger charge is -2.37. The zero-order valence-electron chi connectivity index (χ0n) is 9.30. The Labute approximate surface area is 114 Å². The lowest BCUT2D eigenvalue weighted by molar-refractivity contribution is 0.0107. The van der Waals surface area contributed by atoms with Gasteiger partial charge in [0.1, 0.15) is 0 Å². The molecule has 1 aliphatic rings. The van der Waals surface area contributed by atoms with Crippen molar-refractivity contribution < 1.29 is 5.11 Å². The molecule has 1 heterocycles. The molecule has 0 radical (unpaired) electrons. The number of hydrogen-bond donors (Lipinski definition) is 1. The van der Waals surface area contributed by atoms with E-state index >= 15 is 0 Å². The first kappa shape index (κ1) is 12.9. The van der Waals surface area contributed by atoms with Gasteiger partial charge in [-0.05, 0) is 40.3 Å². The number of hydrogen-bond acceptors (Lipinski definition) is 2. The SMILES string of the molecule is CC1(C(O)c2cc(Cl)c(Br)s2)CCCCC1. The minimum Gasteiger partial charge on any atom is -0.387 e. The molecule has 0 aliphatic heterocycles. The van der Waals surface area contributed by atoms with E-state index in [1.807, 2.05) is 6.07 Å². The zero-order valence-corrected chi connectivity index (χ0v) is 12.5. The molecule has 1 atom stereocenters. The normalized spacial score (nSPS) is 22.0. The number of thiophene rings is 1. The van der Waals surface area contributed by atoms with Crippen LogP contribution < -0.4 is 0 Å². The van der Waals surface area contributed by atoms with Gasteiger partial charge in [-0.2, -0.15) is 0 Å². The van der Waals surface area contributed by atoms with E-state index < -0.39 is 0 Å². The zero-order chi connectivity index (χ0) is 11.8. The van der Waals surface area contributed by atoms with Crippen LogP contribution >= 0.6 is 38.9 Å². The Kier molecular flexibility index (Phi) is 4.00. The van der Waals surface area contributed by atoms with Crippen LogP contribution in [-0.2, 0) is 0 Å². The maximum Gasteiger partial charge on any atom is 0.0936 e. The highest BCUT2D eigenvalue weighted by Gasteiger charge is 2.36. The van der Waals surface area contributed by atoms with Crippen LogP contribution in [0.25, 0.3) is 0 Å². The molecule has 0 saturated heterocycles. The van der Waals surface area contributed by atoms with Crippen molar-refractivity contribution in [2.45, 2.75) is 45.1 Å². The fraction of sp³-hybridized carbons (Fsp3) is 0.667. The minimum atomic E-state index is -0.374. The van der Waals surface area contributed by atoms with Crippen molar-refractivity contribution in [3.8, 4) is 0 Å². The maximum absolute atomic E-state index is 10.5. The van der Waals surface area contributed by atoms with Crippen LogP contribution in [0.15, 0.2) is 9.85 Å². The molecule has 2 rings (SSSR count). The van der Waals surface area contributed by atoms with E-state index in [9.17, 15) is 5.11 Å². The van der Waals surface area contributed by atoms with E-state index in [1.54, 1.807) is 11.3 Å². The summed E-state index contributed by atoms with van der Waals surface area (Å²) in [5.41, 5.74) is 0.0336. The van der Waals surface area contributed by atoms with E-state index in [1.165, 1.54) is 19.3 Å². The monoisotopic (exact) mass is 322 g/mol. The summed E-state index contributed by atoms with van der Waals surface area (Å²) < 4.78 is 0.919. The van der Waals surface area contributed by atoms with Crippen LogP contribution in [0.4, 0.5) is 0 Å². The van der Waals surface area contributed by atoms with Gasteiger partial charge in [-0.3, -0.25) is 0 Å². The number of aliphatic hydroxyl groups is 1. The fourth-order valence-electron chi connectivity index (χ4n) is 2.47. The summed E-state index contributed by atoms with van der Waals surface area (Å²) in [7, 11) is 0. The third kappa shape index (κ3) is 2.47. The smallest absolute Gasteiger partial charge is 0.0936 e. The summed E-state index contributed by atoms with van der Waals surface area (Å²) in [6.07, 6.45) is 5.61. The Morgan fingerprint density at radius 3 is 2.56 bits per heavy atom. The topological polar surface area (TPSA) is 20.2 Å². The molecular weight excluding hydrogens is 308 g/mol. The van der Waals surface area contributed by atoms with Crippen molar-refractivity contribution in [2.24, 2.45) is 5.41 Å². The van der Waals surface area contributed by atoms with E-state index in [2.05, 4.69) is 22.9 Å². The van der Waals surface area contributed by atoms with Crippen molar-refractivity contribution in [3.63, 3.8) is 0 Å². The molecule has 1 N–H and O–H groups in total. The van der Waals surface area contributed by atoms with Gasteiger partial charge in [0.05, 0.1) is 14.9 Å². The molecule has 1 aromatic rings. The lowest BCUT2D eigenvalue weighted by Crippen LogP contribution is -2.27. The first-order valence-corrected chi connectivity index (χ1v) is 7.64. The van der Waals surface area contributed by atoms with Crippen molar-refractivity contribution in [1.29, 1.82) is 0 Å². The molecule has 1 fully saturated rings. The fourth-order valence-corrected chi connectivity index (χ4v) is 4.38. The van der Waals surface area contributed by atoms with Gasteiger partial charge in [0.25, 0.3) is 0 Å². The van der Waals surface area contributed by atoms with Crippen molar-refractivity contribution in [2.75, 3.05) is 0 Å². The highest BCUT2D eigenvalue weighted by Crippen LogP contribution is 2.48. The predicted octanol–water partition coefficient (Wildman–Crippen LogP) is 5.17. The first-order valence-electron chi connectivity index (χ1n) is 5.66. The summed E-state index contributed by atoms with van der Waals surface area (Å²) >= 11 is 11.0. The number of halogens is 2. The standard InChI is InChI=1S/C12H16BrClOS/c1-12(5-3-2-4-6-12)10(15)9-7-8(14)11(13)16-9/h7,10,15H,2-6H2,1H3. The van der Waals surface area contributed by atoms with Gasteiger partial charge >= 0.3 is 0 Å². The first-order chi connectivity index (χ1) is 7.53. The average molecular weight is 324 g/mol. The number of rotatable bonds is 2. The molecule has 1 unspecified atom stereocenters. The second-order valence-electron chi connectivity index (χ2n) is 4.89. The molecule has 0 bridgehead atoms. The van der Waals surface area contributed by atoms with Crippen LogP contribution in [0, 0.1) is 5.41 Å². The molecule has 16 heavy (non-hydrogen) atoms. The largest absolute Gasteiger partial charge is 0.387 e. The van der Waals surface area contributed by atoms with E-state index in [4.69, 9.17) is 11.6 Å². The Hall–Kier alpha value is 0.430. The molecule has 0 amide bonds. The summed E-state index contributed by atoms with van der Waals surface area (Å²) in [5, 5.41) is 11.2. The summed E-state index contributed by atoms with van der Waals surface area (Å²) in [5.74, 6) is 0. The molecule has 90 valence electrons. The van der Waals surface area contributed by atoms with Gasteiger partial charge in [-0.15, -0.1) is 11.3 Å². The van der Waals surface area contributed by atoms with E-state index in [-0.39, 0.29) is 11.5 Å². The van der Waals surface area contributed by atoms with Crippen molar-refractivity contribution in [3.05, 3.63) is 19.8 Å². The quantitative estimate of drug-likeness (QED) is 0.796. The van der Waals surface area contributed by atoms with E-state index in [0.717, 1.165) is 21.5 Å². The van der Waals surface area contributed by atoms with Gasteiger partial charge in [0.15, 0.2) is 0 Å². The molecule has 1 nitrogen and oxygen atoms in total. The van der Waals surface area contributed by atoms with Gasteiger partial charge in [0.2, 0.25) is 0 Å². The van der Waals surface area contributed by atoms with Crippen LogP contribution in [-0.4, -0.2) is 5.11 Å². The van der Waals surface area contributed by atoms with Crippen molar-refractivity contribution >= 4 is 38.9 Å². The van der Waals surface area contributed by atoms with Crippen LogP contribution in [0.5, 0.6) is 0 Å². The second kappa shape index (κ2) is 4.97. The molecular formula is C12H16BrClOS. The molecule has 1 aromatic heterocycles. The van der Waals surface area contributed by atoms with Gasteiger partial charge in [0, 0.05) is 4.88 Å². The second-order valence-corrected chi connectivity index (χ2v) is 7.70. The van der Waals surface area contributed by atoms with Gasteiger partial charge in [-0.1, -0.05) is 37.8 Å². The third-order valence-corrected chi connectivity index (χ3v) is 6.12. The summed E-state index contributed by atoms with van der Waals surface area (Å²) in [6, 6.07) is 1.89. The minimum absolute atomic E-state index is 0.0336. The average Bonchev–Trinajstić information content (AvgIpc) is 2.59. The van der Waals surface area contributed by atoms with Gasteiger partial charge < -0.3 is 5.11 Å². The Balaban J connectivity index is 2.20. The predicted molar refractivity (Wildman–Crippen MR) is 73.2 cm³/mol. The molecule has 1 saturated carbocycles. The highest BCUT2D eigenvalue weighted by atomic mass is 79.9.